The van der Waals surface area contributed by atoms with Crippen molar-refractivity contribution in [2.75, 3.05) is 11.9 Å². The molecule has 0 aliphatic carbocycles. The molecule has 1 aliphatic heterocycles. The zero-order chi connectivity index (χ0) is 21.4. The summed E-state index contributed by atoms with van der Waals surface area (Å²) in [5, 5.41) is 7.69. The van der Waals surface area contributed by atoms with Gasteiger partial charge in [-0.25, -0.2) is 9.78 Å². The number of nitrogens with zero attached hydrogens (tertiary/aromatic N) is 4. The Hall–Kier alpha value is -3.09. The fraction of sp³-hybridized carbons (Fsp3) is 0.435. The van der Waals surface area contributed by atoms with Crippen molar-refractivity contribution in [3.63, 3.8) is 0 Å². The van der Waals surface area contributed by atoms with E-state index in [1.165, 1.54) is 0 Å². The summed E-state index contributed by atoms with van der Waals surface area (Å²) in [4.78, 5) is 23.4. The summed E-state index contributed by atoms with van der Waals surface area (Å²) < 4.78 is 1.95. The summed E-state index contributed by atoms with van der Waals surface area (Å²) >= 11 is 0. The lowest BCUT2D eigenvalue weighted by Crippen LogP contribution is -2.35. The van der Waals surface area contributed by atoms with Gasteiger partial charge in [-0.05, 0) is 47.5 Å². The summed E-state index contributed by atoms with van der Waals surface area (Å²) in [5.41, 5.74) is 5.67. The molecule has 0 saturated carbocycles. The van der Waals surface area contributed by atoms with Crippen molar-refractivity contribution in [3.05, 3.63) is 53.2 Å². The predicted octanol–water partition coefficient (Wildman–Crippen LogP) is 5.15. The highest BCUT2D eigenvalue weighted by Crippen LogP contribution is 2.34. The van der Waals surface area contributed by atoms with E-state index in [1.54, 1.807) is 0 Å². The zero-order valence-electron chi connectivity index (χ0n) is 18.4. The number of carbonyl (C=O) groups excluding carboxylic acids is 1. The zero-order valence-corrected chi connectivity index (χ0v) is 18.4. The molecular weight excluding hydrogens is 376 g/mol. The van der Waals surface area contributed by atoms with Crippen LogP contribution in [0.5, 0.6) is 0 Å². The van der Waals surface area contributed by atoms with E-state index in [4.69, 9.17) is 4.98 Å². The molecule has 0 unspecified atom stereocenters. The van der Waals surface area contributed by atoms with E-state index < -0.39 is 0 Å². The van der Waals surface area contributed by atoms with Gasteiger partial charge in [0.25, 0.3) is 0 Å². The van der Waals surface area contributed by atoms with Crippen LogP contribution in [0.25, 0.3) is 11.3 Å². The largest absolute Gasteiger partial charge is 0.344 e. The van der Waals surface area contributed by atoms with Crippen LogP contribution < -0.4 is 5.32 Å². The molecular formula is C23H30N6O. The Kier molecular flexibility index (Phi) is 5.37. The third-order valence-electron chi connectivity index (χ3n) is 5.83. The minimum Gasteiger partial charge on any atom is -0.344 e. The number of amides is 2. The third-order valence-corrected chi connectivity index (χ3v) is 5.83. The number of urea groups is 1. The van der Waals surface area contributed by atoms with Crippen molar-refractivity contribution in [2.24, 2.45) is 0 Å². The summed E-state index contributed by atoms with van der Waals surface area (Å²) in [6.45, 7) is 10.9. The van der Waals surface area contributed by atoms with Crippen LogP contribution in [0.1, 0.15) is 61.7 Å². The minimum atomic E-state index is -0.0951. The number of aromatic nitrogens is 4. The van der Waals surface area contributed by atoms with Gasteiger partial charge in [0.05, 0.1) is 28.8 Å². The third kappa shape index (κ3) is 3.60. The number of imidazole rings is 1. The second-order valence-electron chi connectivity index (χ2n) is 8.33. The van der Waals surface area contributed by atoms with Crippen LogP contribution >= 0.6 is 0 Å². The maximum absolute atomic E-state index is 13.2. The first kappa shape index (κ1) is 20.2. The van der Waals surface area contributed by atoms with E-state index in [9.17, 15) is 4.79 Å². The first-order valence-electron chi connectivity index (χ1n) is 10.6. The topological polar surface area (TPSA) is 78.8 Å². The summed E-state index contributed by atoms with van der Waals surface area (Å²) in [6, 6.07) is 10.2. The molecule has 1 atom stereocenters. The van der Waals surface area contributed by atoms with Crippen molar-refractivity contribution < 1.29 is 4.79 Å². The number of aryl methyl sites for hydroxylation is 2. The number of nitrogens with one attached hydrogen (secondary N) is 2. The first-order valence-corrected chi connectivity index (χ1v) is 10.6. The highest BCUT2D eigenvalue weighted by molar-refractivity contribution is 5.91. The number of rotatable bonds is 4. The van der Waals surface area contributed by atoms with Gasteiger partial charge >= 0.3 is 6.03 Å². The molecule has 0 spiro atoms. The van der Waals surface area contributed by atoms with Gasteiger partial charge in [0.1, 0.15) is 5.82 Å². The molecule has 1 aliphatic rings. The molecule has 158 valence electrons. The molecule has 2 amide bonds. The molecule has 2 aromatic heterocycles. The van der Waals surface area contributed by atoms with E-state index >= 15 is 0 Å². The fourth-order valence-electron chi connectivity index (χ4n) is 4.34. The lowest BCUT2D eigenvalue weighted by molar-refractivity contribution is 0.205. The second kappa shape index (κ2) is 7.97. The normalized spacial score (nSPS) is 16.5. The monoisotopic (exact) mass is 406 g/mol. The van der Waals surface area contributed by atoms with Gasteiger partial charge in [0.15, 0.2) is 0 Å². The van der Waals surface area contributed by atoms with Gasteiger partial charge in [0.2, 0.25) is 0 Å². The van der Waals surface area contributed by atoms with E-state index in [0.29, 0.717) is 6.54 Å². The van der Waals surface area contributed by atoms with Crippen molar-refractivity contribution in [2.45, 2.75) is 59.5 Å². The maximum Gasteiger partial charge on any atom is 0.322 e. The molecule has 0 bridgehead atoms. The van der Waals surface area contributed by atoms with Crippen LogP contribution in [0.4, 0.5) is 10.5 Å². The van der Waals surface area contributed by atoms with Gasteiger partial charge in [-0.2, -0.15) is 5.10 Å². The van der Waals surface area contributed by atoms with Crippen LogP contribution in [0.2, 0.25) is 0 Å². The van der Waals surface area contributed by atoms with Crippen LogP contribution in [-0.2, 0) is 0 Å². The molecule has 2 N–H and O–H groups in total. The molecule has 1 aromatic carbocycles. The molecule has 7 nitrogen and oxygen atoms in total. The SMILES string of the molecule is Cc1nn(C(C)C)c(C)c1NC(=O)N1CCC[C@H]1c1nc(-c2ccccc2)c(C)[nH]1. The average Bonchev–Trinajstić information content (AvgIpc) is 3.42. The quantitative estimate of drug-likeness (QED) is 0.629. The smallest absolute Gasteiger partial charge is 0.322 e. The van der Waals surface area contributed by atoms with Crippen LogP contribution in [0, 0.1) is 20.8 Å². The minimum absolute atomic E-state index is 0.0538. The Labute approximate surface area is 177 Å². The maximum atomic E-state index is 13.2. The van der Waals surface area contributed by atoms with Gasteiger partial charge < -0.3 is 15.2 Å². The lowest BCUT2D eigenvalue weighted by Gasteiger charge is -2.23. The Balaban J connectivity index is 1.57. The average molecular weight is 407 g/mol. The molecule has 30 heavy (non-hydrogen) atoms. The number of H-pyrrole nitrogens is 1. The number of hydrogen-bond donors (Lipinski definition) is 2. The number of hydrogen-bond acceptors (Lipinski definition) is 3. The first-order chi connectivity index (χ1) is 14.4. The molecule has 3 aromatic rings. The Morgan fingerprint density at radius 1 is 1.20 bits per heavy atom. The number of anilines is 1. The number of aromatic amines is 1. The lowest BCUT2D eigenvalue weighted by atomic mass is 10.1. The summed E-state index contributed by atoms with van der Waals surface area (Å²) in [6.07, 6.45) is 1.86. The number of likely N-dealkylation sites (tertiary alicyclic amines) is 1. The van der Waals surface area contributed by atoms with E-state index in [-0.39, 0.29) is 18.1 Å². The van der Waals surface area contributed by atoms with Gasteiger partial charge in [-0.15, -0.1) is 0 Å². The predicted molar refractivity (Wildman–Crippen MR) is 119 cm³/mol. The van der Waals surface area contributed by atoms with E-state index in [1.807, 2.05) is 48.6 Å². The standard InChI is InChI=1S/C23H30N6O/c1-14(2)29-17(5)20(16(4)27-29)26-23(30)28-13-9-12-19(28)22-24-15(3)21(25-22)18-10-7-6-8-11-18/h6-8,10-11,14,19H,9,12-13H2,1-5H3,(H,24,25)(H,26,30)/t19-/m0/s1. The fourth-order valence-corrected chi connectivity index (χ4v) is 4.34. The summed E-state index contributed by atoms with van der Waals surface area (Å²) in [5.74, 6) is 0.852. The second-order valence-corrected chi connectivity index (χ2v) is 8.33. The molecule has 4 rings (SSSR count). The van der Waals surface area contributed by atoms with E-state index in [0.717, 1.165) is 52.7 Å². The van der Waals surface area contributed by atoms with Crippen molar-refractivity contribution in [1.29, 1.82) is 0 Å². The van der Waals surface area contributed by atoms with Gasteiger partial charge in [-0.3, -0.25) is 4.68 Å². The van der Waals surface area contributed by atoms with Gasteiger partial charge in [-0.1, -0.05) is 30.3 Å². The van der Waals surface area contributed by atoms with Crippen molar-refractivity contribution in [3.8, 4) is 11.3 Å². The molecule has 1 saturated heterocycles. The molecule has 1 fully saturated rings. The van der Waals surface area contributed by atoms with Crippen molar-refractivity contribution >= 4 is 11.7 Å². The summed E-state index contributed by atoms with van der Waals surface area (Å²) in [7, 11) is 0. The highest BCUT2D eigenvalue weighted by Gasteiger charge is 2.33. The van der Waals surface area contributed by atoms with Crippen LogP contribution in [0.3, 0.4) is 0 Å². The molecule has 0 radical (unpaired) electrons. The molecule has 7 heteroatoms. The number of benzene rings is 1. The number of carbonyl (C=O) groups is 1. The van der Waals surface area contributed by atoms with E-state index in [2.05, 4.69) is 41.4 Å². The molecule has 3 heterocycles. The Morgan fingerprint density at radius 3 is 2.60 bits per heavy atom. The van der Waals surface area contributed by atoms with Crippen LogP contribution in [0.15, 0.2) is 30.3 Å². The van der Waals surface area contributed by atoms with Crippen LogP contribution in [-0.4, -0.2) is 37.2 Å². The Bertz CT molecular complexity index is 1050. The highest BCUT2D eigenvalue weighted by atomic mass is 16.2. The van der Waals surface area contributed by atoms with Crippen molar-refractivity contribution in [1.82, 2.24) is 24.6 Å². The Morgan fingerprint density at radius 2 is 1.93 bits per heavy atom. The van der Waals surface area contributed by atoms with Gasteiger partial charge in [0, 0.05) is 23.8 Å².